The molecule has 3 N–H and O–H groups in total. The molecule has 0 saturated heterocycles. The van der Waals surface area contributed by atoms with Crippen LogP contribution in [0.4, 0.5) is 16.2 Å². The van der Waals surface area contributed by atoms with E-state index in [1.165, 1.54) is 23.5 Å². The Balaban J connectivity index is 1.43. The van der Waals surface area contributed by atoms with Crippen molar-refractivity contribution >= 4 is 62.5 Å². The molecule has 0 aliphatic heterocycles. The number of carbonyl (C=O) groups is 3. The Kier molecular flexibility index (Phi) is 11.3. The molecule has 4 rings (SSSR count). The minimum absolute atomic E-state index is 0.0337. The quantitative estimate of drug-likeness (QED) is 0.225. The van der Waals surface area contributed by atoms with E-state index >= 15 is 0 Å². The number of carbonyl (C=O) groups excluding carboxylic acids is 3. The lowest BCUT2D eigenvalue weighted by molar-refractivity contribution is -0.142. The predicted octanol–water partition coefficient (Wildman–Crippen LogP) is 6.10. The highest BCUT2D eigenvalue weighted by Crippen LogP contribution is 2.30. The van der Waals surface area contributed by atoms with Gasteiger partial charge in [-0.05, 0) is 54.8 Å². The van der Waals surface area contributed by atoms with Crippen LogP contribution in [0.15, 0.2) is 71.6 Å². The maximum atomic E-state index is 13.5. The van der Waals surface area contributed by atoms with Gasteiger partial charge in [-0.15, -0.1) is 0 Å². The number of amides is 3. The second-order valence-electron chi connectivity index (χ2n) is 10.4. The number of sulfonamides is 1. The number of halogens is 2. The third-order valence-electron chi connectivity index (χ3n) is 7.51. The van der Waals surface area contributed by atoms with Crippen LogP contribution in [-0.4, -0.2) is 56.9 Å². The maximum Gasteiger partial charge on any atom is 0.328 e. The summed E-state index contributed by atoms with van der Waals surface area (Å²) in [6.45, 7) is 0. The van der Waals surface area contributed by atoms with Gasteiger partial charge in [0.15, 0.2) is 0 Å². The fourth-order valence-corrected chi connectivity index (χ4v) is 7.24. The fraction of sp³-hybridized carbons (Fsp3) is 0.323. The third-order valence-corrected chi connectivity index (χ3v) is 10.1. The number of esters is 1. The number of rotatable bonds is 10. The van der Waals surface area contributed by atoms with Crippen molar-refractivity contribution in [3.63, 3.8) is 0 Å². The van der Waals surface area contributed by atoms with Gasteiger partial charge in [-0.3, -0.25) is 4.79 Å². The lowest BCUT2D eigenvalue weighted by atomic mass is 9.96. The first-order valence-electron chi connectivity index (χ1n) is 14.1. The Morgan fingerprint density at radius 3 is 2.18 bits per heavy atom. The molecule has 1 atom stereocenters. The molecular weight excluding hydrogens is 627 g/mol. The maximum absolute atomic E-state index is 13.5. The number of nitrogens with zero attached hydrogens (tertiary/aromatic N) is 1. The summed E-state index contributed by atoms with van der Waals surface area (Å²) in [5.74, 6) is -1.17. The first kappa shape index (κ1) is 33.3. The van der Waals surface area contributed by atoms with Crippen LogP contribution in [0.2, 0.25) is 10.0 Å². The van der Waals surface area contributed by atoms with Gasteiger partial charge in [0.05, 0.1) is 28.4 Å². The molecule has 0 bridgehead atoms. The van der Waals surface area contributed by atoms with E-state index in [-0.39, 0.29) is 38.7 Å². The van der Waals surface area contributed by atoms with E-state index in [0.29, 0.717) is 11.3 Å². The fourth-order valence-electron chi connectivity index (χ4n) is 5.11. The van der Waals surface area contributed by atoms with Gasteiger partial charge in [-0.2, -0.15) is 4.31 Å². The Morgan fingerprint density at radius 2 is 1.55 bits per heavy atom. The summed E-state index contributed by atoms with van der Waals surface area (Å²) in [5.41, 5.74) is 1.36. The molecule has 1 saturated carbocycles. The molecule has 44 heavy (non-hydrogen) atoms. The average molecular weight is 662 g/mol. The van der Waals surface area contributed by atoms with Crippen molar-refractivity contribution in [3.8, 4) is 0 Å². The Morgan fingerprint density at radius 1 is 0.909 bits per heavy atom. The molecular formula is C31H34Cl2N4O6S. The third kappa shape index (κ3) is 8.09. The zero-order valence-corrected chi connectivity index (χ0v) is 26.6. The molecule has 3 aromatic rings. The van der Waals surface area contributed by atoms with Crippen LogP contribution >= 0.6 is 23.2 Å². The largest absolute Gasteiger partial charge is 0.467 e. The molecule has 13 heteroatoms. The number of ether oxygens (including phenoxy) is 1. The highest BCUT2D eigenvalue weighted by atomic mass is 35.5. The second kappa shape index (κ2) is 14.9. The van der Waals surface area contributed by atoms with Gasteiger partial charge >= 0.3 is 12.0 Å². The van der Waals surface area contributed by atoms with Crippen molar-refractivity contribution in [2.75, 3.05) is 24.8 Å². The number of hydrogen-bond acceptors (Lipinski definition) is 6. The molecule has 0 unspecified atom stereocenters. The molecule has 3 aromatic carbocycles. The smallest absolute Gasteiger partial charge is 0.328 e. The normalized spacial score (nSPS) is 14.5. The van der Waals surface area contributed by atoms with Crippen LogP contribution in [0.5, 0.6) is 0 Å². The summed E-state index contributed by atoms with van der Waals surface area (Å²) >= 11 is 12.3. The van der Waals surface area contributed by atoms with E-state index in [2.05, 4.69) is 16.0 Å². The van der Waals surface area contributed by atoms with Crippen molar-refractivity contribution < 1.29 is 27.5 Å². The number of para-hydroxylation sites is 1. The molecule has 1 aliphatic carbocycles. The van der Waals surface area contributed by atoms with Crippen molar-refractivity contribution in [2.24, 2.45) is 0 Å². The number of nitrogens with one attached hydrogen (secondary N) is 3. The molecule has 3 amide bonds. The van der Waals surface area contributed by atoms with E-state index in [0.717, 1.165) is 32.1 Å². The molecule has 0 radical (unpaired) electrons. The van der Waals surface area contributed by atoms with E-state index < -0.39 is 34.0 Å². The number of hydrogen-bond donors (Lipinski definition) is 3. The van der Waals surface area contributed by atoms with Crippen molar-refractivity contribution in [2.45, 2.75) is 55.5 Å². The monoisotopic (exact) mass is 660 g/mol. The standard InChI is InChI=1S/C31H34Cl2N4O6S/c1-37(22-9-4-3-5-10-22)44(41,42)27-14-7-6-13-25(27)35-31(40)36-26(30(39)43-2)19-20-15-17-21(18-16-20)34-29(38)28-23(32)11-8-12-24(28)33/h6-8,11-18,22,26H,3-5,9-10,19H2,1-2H3,(H,34,38)(H2,35,36,40)/t26-/m0/s1. The van der Waals surface area contributed by atoms with Gasteiger partial charge in [0.2, 0.25) is 10.0 Å². The molecule has 0 aromatic heterocycles. The highest BCUT2D eigenvalue weighted by Gasteiger charge is 2.31. The molecule has 234 valence electrons. The second-order valence-corrected chi connectivity index (χ2v) is 13.2. The number of methoxy groups -OCH3 is 1. The van der Waals surface area contributed by atoms with Gasteiger partial charge in [0.25, 0.3) is 5.91 Å². The molecule has 0 spiro atoms. The van der Waals surface area contributed by atoms with Crippen LogP contribution in [0.25, 0.3) is 0 Å². The lowest BCUT2D eigenvalue weighted by Gasteiger charge is -2.31. The summed E-state index contributed by atoms with van der Waals surface area (Å²) in [7, 11) is -1.12. The van der Waals surface area contributed by atoms with Crippen LogP contribution in [-0.2, 0) is 26.0 Å². The zero-order chi connectivity index (χ0) is 31.9. The van der Waals surface area contributed by atoms with Crippen LogP contribution < -0.4 is 16.0 Å². The van der Waals surface area contributed by atoms with Gasteiger partial charge in [0, 0.05) is 25.2 Å². The molecule has 1 fully saturated rings. The SMILES string of the molecule is COC(=O)[C@H](Cc1ccc(NC(=O)c2c(Cl)cccc2Cl)cc1)NC(=O)Nc1ccccc1S(=O)(=O)N(C)C1CCCCC1. The Labute approximate surface area is 267 Å². The summed E-state index contributed by atoms with van der Waals surface area (Å²) in [6.07, 6.45) is 4.66. The van der Waals surface area contributed by atoms with Gasteiger partial charge in [-0.1, -0.05) is 72.8 Å². The zero-order valence-electron chi connectivity index (χ0n) is 24.3. The van der Waals surface area contributed by atoms with Crippen LogP contribution in [0, 0.1) is 0 Å². The molecule has 1 aliphatic rings. The number of urea groups is 1. The lowest BCUT2D eigenvalue weighted by Crippen LogP contribution is -2.45. The molecule has 0 heterocycles. The van der Waals surface area contributed by atoms with E-state index in [9.17, 15) is 22.8 Å². The van der Waals surface area contributed by atoms with Crippen molar-refractivity contribution in [3.05, 3.63) is 87.9 Å². The van der Waals surface area contributed by atoms with Gasteiger partial charge < -0.3 is 20.7 Å². The first-order chi connectivity index (χ1) is 21.0. The predicted molar refractivity (Wildman–Crippen MR) is 171 cm³/mol. The van der Waals surface area contributed by atoms with Crippen molar-refractivity contribution in [1.82, 2.24) is 9.62 Å². The average Bonchev–Trinajstić information content (AvgIpc) is 3.01. The van der Waals surface area contributed by atoms with Crippen LogP contribution in [0.3, 0.4) is 0 Å². The summed E-state index contributed by atoms with van der Waals surface area (Å²) in [4.78, 5) is 38.3. The van der Waals surface area contributed by atoms with Gasteiger partial charge in [0.1, 0.15) is 10.9 Å². The number of benzene rings is 3. The topological polar surface area (TPSA) is 134 Å². The highest BCUT2D eigenvalue weighted by molar-refractivity contribution is 7.89. The van der Waals surface area contributed by atoms with E-state index in [1.54, 1.807) is 61.6 Å². The Hall–Kier alpha value is -3.64. The summed E-state index contributed by atoms with van der Waals surface area (Å²) < 4.78 is 33.3. The Bertz CT molecular complexity index is 1590. The summed E-state index contributed by atoms with van der Waals surface area (Å²) in [5, 5.41) is 8.34. The number of anilines is 2. The van der Waals surface area contributed by atoms with Gasteiger partial charge in [-0.25, -0.2) is 18.0 Å². The summed E-state index contributed by atoms with van der Waals surface area (Å²) in [6, 6.07) is 15.6. The molecule has 10 nitrogen and oxygen atoms in total. The van der Waals surface area contributed by atoms with Crippen molar-refractivity contribution in [1.29, 1.82) is 0 Å². The minimum Gasteiger partial charge on any atom is -0.467 e. The van der Waals surface area contributed by atoms with E-state index in [4.69, 9.17) is 27.9 Å². The minimum atomic E-state index is -3.89. The van der Waals surface area contributed by atoms with E-state index in [1.807, 2.05) is 0 Å². The van der Waals surface area contributed by atoms with Crippen LogP contribution in [0.1, 0.15) is 48.0 Å². The first-order valence-corrected chi connectivity index (χ1v) is 16.3.